The van der Waals surface area contributed by atoms with Crippen molar-refractivity contribution in [2.75, 3.05) is 9.80 Å². The Balaban J connectivity index is 0.874. The van der Waals surface area contributed by atoms with Gasteiger partial charge in [0.25, 0.3) is 0 Å². The second kappa shape index (κ2) is 22.5. The van der Waals surface area contributed by atoms with Gasteiger partial charge in [0.05, 0.1) is 16.5 Å². The minimum atomic E-state index is -0.707. The highest BCUT2D eigenvalue weighted by molar-refractivity contribution is 7.27. The van der Waals surface area contributed by atoms with Crippen LogP contribution < -0.4 is 15.1 Å². The summed E-state index contributed by atoms with van der Waals surface area (Å²) in [5, 5.41) is 0.737. The van der Waals surface area contributed by atoms with Crippen molar-refractivity contribution >= 4 is 48.7 Å². The summed E-state index contributed by atoms with van der Waals surface area (Å²) in [6.45, 7) is 15.2. The number of halogens is 3. The lowest BCUT2D eigenvalue weighted by atomic mass is 9.59. The van der Waals surface area contributed by atoms with Crippen molar-refractivity contribution in [2.45, 2.75) is 64.7 Å². The van der Waals surface area contributed by atoms with E-state index in [-0.39, 0.29) is 11.7 Å². The molecule has 10 aromatic carbocycles. The number of rotatable bonds is 13. The predicted octanol–water partition coefficient (Wildman–Crippen LogP) is 21.6. The highest BCUT2D eigenvalue weighted by Gasteiger charge is 2.52. The number of allylic oxidation sites excluding steroid dienone is 9. The monoisotopic (exact) mass is 1170 g/mol. The van der Waals surface area contributed by atoms with E-state index in [0.717, 1.165) is 97.9 Å². The average molecular weight is 1170 g/mol. The van der Waals surface area contributed by atoms with E-state index in [1.807, 2.05) is 29.2 Å². The molecule has 0 radical (unpaired) electrons. The maximum atomic E-state index is 15.8. The van der Waals surface area contributed by atoms with E-state index in [1.165, 1.54) is 73.9 Å². The summed E-state index contributed by atoms with van der Waals surface area (Å²) in [4.78, 5) is 4.13. The molecule has 2 nitrogen and oxygen atoms in total. The zero-order chi connectivity index (χ0) is 60.6. The first kappa shape index (κ1) is 56.5. The van der Waals surface area contributed by atoms with Crippen molar-refractivity contribution < 1.29 is 13.2 Å². The number of hydrogen-bond acceptors (Lipinski definition) is 2. The standard InChI is InChI=1S/C82H68F3N2P/c1-7-55-21-29-59(30-22-55)81(77-41-51(3)17-19-53(77)5)75-15-11-9-13-71(75)73-39-37-66(49-79(73)81)86(68-44-61(83)43-62(84)45-68)64-33-25-57(26-34-64)58-27-35-65(36-28-58)87(69-46-63(85)47-70(88)48-69)67-38-40-74-72-14-10-12-16-76(72)82(80(74)50-67,60-31-23-56(8-2)24-32-60)78-42-52(4)18-20-54(78)6/h8-17,19-31,33-50,52,60H,2,7,18,32,88H2,1,3-6H3. The molecule has 5 atom stereocenters. The van der Waals surface area contributed by atoms with Gasteiger partial charge in [-0.25, -0.2) is 13.2 Å². The van der Waals surface area contributed by atoms with Crippen LogP contribution in [0.3, 0.4) is 0 Å². The summed E-state index contributed by atoms with van der Waals surface area (Å²) >= 11 is 0. The molecule has 432 valence electrons. The van der Waals surface area contributed by atoms with Crippen LogP contribution in [0.25, 0.3) is 33.4 Å². The minimum Gasteiger partial charge on any atom is -0.310 e. The number of aryl methyl sites for hydroxylation is 3. The molecule has 0 saturated heterocycles. The third kappa shape index (κ3) is 9.37. The van der Waals surface area contributed by atoms with Crippen molar-refractivity contribution in [3.63, 3.8) is 0 Å². The molecule has 0 bridgehead atoms. The fourth-order valence-corrected chi connectivity index (χ4v) is 15.4. The molecule has 88 heavy (non-hydrogen) atoms. The van der Waals surface area contributed by atoms with Gasteiger partial charge in [-0.05, 0) is 225 Å². The van der Waals surface area contributed by atoms with Crippen molar-refractivity contribution in [2.24, 2.45) is 11.8 Å². The molecule has 0 saturated carbocycles. The third-order valence-corrected chi connectivity index (χ3v) is 19.4. The molecule has 0 N–H and O–H groups in total. The lowest BCUT2D eigenvalue weighted by molar-refractivity contribution is 0.445. The summed E-state index contributed by atoms with van der Waals surface area (Å²) < 4.78 is 47.0. The molecule has 4 aliphatic carbocycles. The highest BCUT2D eigenvalue weighted by Crippen LogP contribution is 2.62. The third-order valence-electron chi connectivity index (χ3n) is 19.1. The van der Waals surface area contributed by atoms with Gasteiger partial charge >= 0.3 is 0 Å². The zero-order valence-corrected chi connectivity index (χ0v) is 51.4. The fraction of sp³-hybridized carbons (Fsp3) is 0.146. The Hall–Kier alpha value is -9.28. The van der Waals surface area contributed by atoms with Crippen LogP contribution in [0.2, 0.25) is 0 Å². The minimum absolute atomic E-state index is 0.107. The summed E-state index contributed by atoms with van der Waals surface area (Å²) in [5.41, 5.74) is 24.2. The second-order valence-corrected chi connectivity index (χ2v) is 25.1. The van der Waals surface area contributed by atoms with Crippen molar-refractivity contribution in [1.29, 1.82) is 0 Å². The van der Waals surface area contributed by atoms with E-state index in [4.69, 9.17) is 0 Å². The Morgan fingerprint density at radius 1 is 0.523 bits per heavy atom. The lowest BCUT2D eigenvalue weighted by Gasteiger charge is -2.43. The Morgan fingerprint density at radius 3 is 1.68 bits per heavy atom. The number of benzene rings is 10. The first-order valence-electron chi connectivity index (χ1n) is 30.7. The number of anilines is 6. The van der Waals surface area contributed by atoms with Gasteiger partial charge < -0.3 is 9.80 Å². The van der Waals surface area contributed by atoms with Crippen LogP contribution in [0.4, 0.5) is 47.3 Å². The Labute approximate surface area is 518 Å². The van der Waals surface area contributed by atoms with Gasteiger partial charge in [-0.2, -0.15) is 0 Å². The van der Waals surface area contributed by atoms with Gasteiger partial charge in [0.1, 0.15) is 17.5 Å². The first-order valence-corrected chi connectivity index (χ1v) is 31.2. The molecule has 0 heterocycles. The molecule has 0 fully saturated rings. The summed E-state index contributed by atoms with van der Waals surface area (Å²) in [6.07, 6.45) is 16.6. The van der Waals surface area contributed by atoms with Crippen LogP contribution in [-0.4, -0.2) is 0 Å². The number of nitrogens with zero attached hydrogens (tertiary/aromatic N) is 2. The Morgan fingerprint density at radius 2 is 1.08 bits per heavy atom. The SMILES string of the molecule is C=CC1=CCC(C2(C3=CC(C)CC=C3C)c3ccccc3-c3ccc(N(c4ccc(-c5ccc(N(c6cc(F)cc(F)c6)c6ccc7c(c6)C(c6ccc(CC)cc6)(c6cc(C)ccc6C)c6ccccc6-7)cc5)cc4)c4cc(F)cc(P)c4)cc32)C=C1. The van der Waals surface area contributed by atoms with E-state index in [2.05, 4.69) is 250 Å². The van der Waals surface area contributed by atoms with E-state index in [9.17, 15) is 0 Å². The molecule has 10 aromatic rings. The highest BCUT2D eigenvalue weighted by atomic mass is 31.0. The van der Waals surface area contributed by atoms with Crippen LogP contribution in [0.1, 0.15) is 83.7 Å². The van der Waals surface area contributed by atoms with Crippen LogP contribution >= 0.6 is 9.24 Å². The summed E-state index contributed by atoms with van der Waals surface area (Å²) in [6, 6.07) is 72.2. The molecule has 14 rings (SSSR count). The summed E-state index contributed by atoms with van der Waals surface area (Å²) in [5.74, 6) is -1.18. The van der Waals surface area contributed by atoms with E-state index < -0.39 is 22.5 Å². The number of fused-ring (bicyclic) bond motifs is 6. The lowest BCUT2D eigenvalue weighted by Crippen LogP contribution is -2.38. The molecule has 0 spiro atoms. The topological polar surface area (TPSA) is 6.48 Å². The molecular weight excluding hydrogens is 1100 g/mol. The molecule has 4 aliphatic rings. The van der Waals surface area contributed by atoms with Crippen LogP contribution in [0.15, 0.2) is 272 Å². The Bertz CT molecular complexity index is 4530. The summed E-state index contributed by atoms with van der Waals surface area (Å²) in [7, 11) is 2.70. The van der Waals surface area contributed by atoms with Crippen molar-refractivity contribution in [1.82, 2.24) is 0 Å². The van der Waals surface area contributed by atoms with Crippen LogP contribution in [0, 0.1) is 43.1 Å². The van der Waals surface area contributed by atoms with E-state index in [1.54, 1.807) is 6.07 Å². The van der Waals surface area contributed by atoms with Crippen LogP contribution in [0.5, 0.6) is 0 Å². The quantitative estimate of drug-likeness (QED) is 0.106. The molecular formula is C82H68F3N2P. The molecule has 5 unspecified atom stereocenters. The predicted molar refractivity (Wildman–Crippen MR) is 364 cm³/mol. The maximum absolute atomic E-state index is 15.8. The molecule has 0 aromatic heterocycles. The largest absolute Gasteiger partial charge is 0.310 e. The van der Waals surface area contributed by atoms with E-state index in [0.29, 0.717) is 17.3 Å². The molecule has 0 aliphatic heterocycles. The van der Waals surface area contributed by atoms with Gasteiger partial charge in [0.2, 0.25) is 0 Å². The zero-order valence-electron chi connectivity index (χ0n) is 50.3. The van der Waals surface area contributed by atoms with E-state index >= 15 is 13.2 Å². The average Bonchev–Trinajstić information content (AvgIpc) is 1.58. The molecule has 0 amide bonds. The second-order valence-electron chi connectivity index (χ2n) is 24.4. The van der Waals surface area contributed by atoms with Crippen LogP contribution in [-0.2, 0) is 17.3 Å². The normalized spacial score (nSPS) is 18.8. The van der Waals surface area contributed by atoms with Crippen molar-refractivity contribution in [3.05, 3.63) is 340 Å². The molecule has 6 heteroatoms. The van der Waals surface area contributed by atoms with Gasteiger partial charge in [0.15, 0.2) is 0 Å². The van der Waals surface area contributed by atoms with Gasteiger partial charge in [-0.1, -0.05) is 195 Å². The van der Waals surface area contributed by atoms with Crippen molar-refractivity contribution in [3.8, 4) is 33.4 Å². The maximum Gasteiger partial charge on any atom is 0.128 e. The van der Waals surface area contributed by atoms with Gasteiger partial charge in [0, 0.05) is 34.5 Å². The first-order chi connectivity index (χ1) is 42.8. The van der Waals surface area contributed by atoms with Gasteiger partial charge in [-0.3, -0.25) is 0 Å². The fourth-order valence-electron chi connectivity index (χ4n) is 15.0. The van der Waals surface area contributed by atoms with Gasteiger partial charge in [-0.15, -0.1) is 9.24 Å². The smallest absolute Gasteiger partial charge is 0.128 e. The Kier molecular flexibility index (Phi) is 14.4. The number of hydrogen-bond donors (Lipinski definition) is 0.